The number of nitrogens with one attached hydrogen (secondary N) is 1. The number of aliphatic hydroxyl groups excluding tert-OH is 1. The fraction of sp³-hybridized carbons (Fsp3) is 0.625. The summed E-state index contributed by atoms with van der Waals surface area (Å²) in [4.78, 5) is 42.1. The van der Waals surface area contributed by atoms with E-state index in [2.05, 4.69) is 10.3 Å². The number of carbonyl (C=O) groups excluding carboxylic acids is 3. The summed E-state index contributed by atoms with van der Waals surface area (Å²) >= 11 is 1.43. The van der Waals surface area contributed by atoms with Crippen LogP contribution in [0.3, 0.4) is 0 Å². The Bertz CT molecular complexity index is 682. The number of ketones is 1. The van der Waals surface area contributed by atoms with Gasteiger partial charge in [-0.1, -0.05) is 0 Å². The maximum atomic E-state index is 12.7. The molecule has 0 saturated carbocycles. The molecule has 5 atom stereocenters. The van der Waals surface area contributed by atoms with Crippen LogP contribution in [-0.2, 0) is 20.7 Å². The first-order valence-corrected chi connectivity index (χ1v) is 9.45. The van der Waals surface area contributed by atoms with Gasteiger partial charge in [0.05, 0.1) is 23.3 Å². The molecule has 10 heteroatoms. The van der Waals surface area contributed by atoms with E-state index in [1.807, 2.05) is 5.38 Å². The summed E-state index contributed by atoms with van der Waals surface area (Å²) in [6.07, 6.45) is -1.28. The SMILES string of the molecule is C[C@@H]1OC(=O)N[C@@H]1C(=O)C(O)[C@@H]1CCCN1C(=O)[C@@H](N)Cc1cscn1. The molecule has 3 heterocycles. The molecule has 1 aromatic rings. The number of thiazole rings is 1. The number of aromatic nitrogens is 1. The molecule has 2 fully saturated rings. The van der Waals surface area contributed by atoms with E-state index >= 15 is 0 Å². The fourth-order valence-corrected chi connectivity index (χ4v) is 4.02. The van der Waals surface area contributed by atoms with Crippen LogP contribution in [0, 0.1) is 0 Å². The van der Waals surface area contributed by atoms with E-state index in [1.54, 1.807) is 12.4 Å². The van der Waals surface area contributed by atoms with Crippen molar-refractivity contribution < 1.29 is 24.2 Å². The molecule has 3 rings (SSSR count). The van der Waals surface area contributed by atoms with Gasteiger partial charge in [-0.05, 0) is 19.8 Å². The summed E-state index contributed by atoms with van der Waals surface area (Å²) in [5, 5.41) is 14.8. The van der Waals surface area contributed by atoms with Gasteiger partial charge in [0.2, 0.25) is 5.91 Å². The molecular weight excluding hydrogens is 360 g/mol. The molecule has 2 aliphatic rings. The standard InChI is InChI=1S/C16H22N4O5S/c1-8-12(19-16(24)25-8)14(22)13(21)11-3-2-4-20(11)15(23)10(17)5-9-6-26-7-18-9/h6-8,10-13,21H,2-5,17H2,1H3,(H,19,24)/t8-,10-,11-,12-,13?/m0/s1. The highest BCUT2D eigenvalue weighted by Gasteiger charge is 2.45. The lowest BCUT2D eigenvalue weighted by Crippen LogP contribution is -2.55. The van der Waals surface area contributed by atoms with Crippen molar-refractivity contribution in [1.82, 2.24) is 15.2 Å². The highest BCUT2D eigenvalue weighted by atomic mass is 32.1. The maximum Gasteiger partial charge on any atom is 0.408 e. The third kappa shape index (κ3) is 3.71. The van der Waals surface area contributed by atoms with Crippen LogP contribution in [0.4, 0.5) is 4.79 Å². The van der Waals surface area contributed by atoms with Gasteiger partial charge in [-0.3, -0.25) is 9.59 Å². The highest BCUT2D eigenvalue weighted by Crippen LogP contribution is 2.24. The van der Waals surface area contributed by atoms with Crippen LogP contribution in [0.1, 0.15) is 25.5 Å². The van der Waals surface area contributed by atoms with Gasteiger partial charge < -0.3 is 25.8 Å². The monoisotopic (exact) mass is 382 g/mol. The first-order chi connectivity index (χ1) is 12.4. The number of hydrogen-bond acceptors (Lipinski definition) is 8. The van der Waals surface area contributed by atoms with E-state index in [-0.39, 0.29) is 5.91 Å². The van der Waals surface area contributed by atoms with E-state index in [1.165, 1.54) is 16.2 Å². The van der Waals surface area contributed by atoms with Crippen LogP contribution in [0.5, 0.6) is 0 Å². The number of cyclic esters (lactones) is 1. The lowest BCUT2D eigenvalue weighted by atomic mass is 9.96. The number of nitrogens with zero attached hydrogens (tertiary/aromatic N) is 2. The predicted octanol–water partition coefficient (Wildman–Crippen LogP) is -0.569. The Morgan fingerprint density at radius 3 is 2.96 bits per heavy atom. The first-order valence-electron chi connectivity index (χ1n) is 8.50. The molecule has 2 aliphatic heterocycles. The second kappa shape index (κ2) is 7.68. The van der Waals surface area contributed by atoms with Crippen molar-refractivity contribution in [3.05, 3.63) is 16.6 Å². The van der Waals surface area contributed by atoms with E-state index in [4.69, 9.17) is 10.5 Å². The summed E-state index contributed by atoms with van der Waals surface area (Å²) in [5.74, 6) is -0.867. The number of nitrogens with two attached hydrogens (primary N) is 1. The Morgan fingerprint density at radius 2 is 2.35 bits per heavy atom. The second-order valence-corrected chi connectivity index (χ2v) is 7.33. The third-order valence-electron chi connectivity index (χ3n) is 4.81. The smallest absolute Gasteiger partial charge is 0.408 e. The van der Waals surface area contributed by atoms with Gasteiger partial charge in [0.25, 0.3) is 0 Å². The topological polar surface area (TPSA) is 135 Å². The summed E-state index contributed by atoms with van der Waals surface area (Å²) in [6.45, 7) is 2.01. The van der Waals surface area contributed by atoms with Gasteiger partial charge in [0.1, 0.15) is 18.2 Å². The molecule has 0 radical (unpaired) electrons. The van der Waals surface area contributed by atoms with Gasteiger partial charge >= 0.3 is 6.09 Å². The Hall–Kier alpha value is -2.04. The normalized spacial score (nSPS) is 27.7. The van der Waals surface area contributed by atoms with Gasteiger partial charge in [-0.15, -0.1) is 11.3 Å². The maximum absolute atomic E-state index is 12.7. The minimum absolute atomic E-state index is 0.305. The van der Waals surface area contributed by atoms with Crippen molar-refractivity contribution in [2.24, 2.45) is 5.73 Å². The van der Waals surface area contributed by atoms with Gasteiger partial charge in [0.15, 0.2) is 5.78 Å². The number of Topliss-reactive ketones (excluding diaryl/α,β-unsaturated/α-hetero) is 1. The number of ether oxygens (including phenoxy) is 1. The summed E-state index contributed by atoms with van der Waals surface area (Å²) in [7, 11) is 0. The highest BCUT2D eigenvalue weighted by molar-refractivity contribution is 7.07. The van der Waals surface area contributed by atoms with Crippen LogP contribution in [-0.4, -0.2) is 69.7 Å². The third-order valence-corrected chi connectivity index (χ3v) is 5.45. The molecule has 0 bridgehead atoms. The molecule has 142 valence electrons. The lowest BCUT2D eigenvalue weighted by Gasteiger charge is -2.31. The number of carbonyl (C=O) groups is 3. The quantitative estimate of drug-likeness (QED) is 0.600. The van der Waals surface area contributed by atoms with Crippen molar-refractivity contribution in [1.29, 1.82) is 0 Å². The molecule has 9 nitrogen and oxygen atoms in total. The summed E-state index contributed by atoms with van der Waals surface area (Å²) in [5.41, 5.74) is 8.43. The number of likely N-dealkylation sites (tertiary alicyclic amines) is 1. The number of rotatable bonds is 6. The van der Waals surface area contributed by atoms with Gasteiger partial charge in [-0.2, -0.15) is 0 Å². The Balaban J connectivity index is 1.66. The van der Waals surface area contributed by atoms with Crippen LogP contribution in [0.25, 0.3) is 0 Å². The Labute approximate surface area is 154 Å². The summed E-state index contributed by atoms with van der Waals surface area (Å²) in [6, 6.07) is -2.35. The number of aliphatic hydroxyl groups is 1. The van der Waals surface area contributed by atoms with Crippen LogP contribution in [0.2, 0.25) is 0 Å². The predicted molar refractivity (Wildman–Crippen MR) is 92.4 cm³/mol. The fourth-order valence-electron chi connectivity index (χ4n) is 3.45. The lowest BCUT2D eigenvalue weighted by molar-refractivity contribution is -0.140. The minimum atomic E-state index is -1.40. The van der Waals surface area contributed by atoms with Crippen molar-refractivity contribution in [3.63, 3.8) is 0 Å². The Morgan fingerprint density at radius 1 is 1.58 bits per heavy atom. The zero-order chi connectivity index (χ0) is 18.8. The van der Waals surface area contributed by atoms with Crippen LogP contribution < -0.4 is 11.1 Å². The molecule has 0 aromatic carbocycles. The van der Waals surface area contributed by atoms with E-state index in [9.17, 15) is 19.5 Å². The van der Waals surface area contributed by atoms with E-state index < -0.39 is 42.2 Å². The zero-order valence-corrected chi connectivity index (χ0v) is 15.1. The second-order valence-electron chi connectivity index (χ2n) is 6.61. The average Bonchev–Trinajstić information content (AvgIpc) is 3.34. The zero-order valence-electron chi connectivity index (χ0n) is 14.3. The molecule has 2 amide bonds. The first kappa shape index (κ1) is 18.7. The molecule has 0 spiro atoms. The van der Waals surface area contributed by atoms with E-state index in [0.717, 1.165) is 5.69 Å². The largest absolute Gasteiger partial charge is 0.444 e. The van der Waals surface area contributed by atoms with Gasteiger partial charge in [0, 0.05) is 18.3 Å². The molecule has 1 unspecified atom stereocenters. The van der Waals surface area contributed by atoms with Crippen LogP contribution in [0.15, 0.2) is 10.9 Å². The number of amides is 2. The summed E-state index contributed by atoms with van der Waals surface area (Å²) < 4.78 is 4.89. The average molecular weight is 382 g/mol. The van der Waals surface area contributed by atoms with Crippen molar-refractivity contribution in [3.8, 4) is 0 Å². The minimum Gasteiger partial charge on any atom is -0.444 e. The molecule has 2 saturated heterocycles. The van der Waals surface area contributed by atoms with Crippen molar-refractivity contribution in [2.75, 3.05) is 6.54 Å². The number of hydrogen-bond donors (Lipinski definition) is 3. The Kier molecular flexibility index (Phi) is 5.54. The molecule has 4 N–H and O–H groups in total. The molecule has 26 heavy (non-hydrogen) atoms. The van der Waals surface area contributed by atoms with Crippen molar-refractivity contribution in [2.45, 2.75) is 56.5 Å². The van der Waals surface area contributed by atoms with Gasteiger partial charge in [-0.25, -0.2) is 9.78 Å². The molecule has 1 aromatic heterocycles. The number of alkyl carbamates (subject to hydrolysis) is 1. The molecule has 0 aliphatic carbocycles. The van der Waals surface area contributed by atoms with Crippen LogP contribution >= 0.6 is 11.3 Å². The van der Waals surface area contributed by atoms with E-state index in [0.29, 0.717) is 25.8 Å². The van der Waals surface area contributed by atoms with Crippen molar-refractivity contribution >= 4 is 29.1 Å². The molecular formula is C16H22N4O5S.